The average Bonchev–Trinajstić information content (AvgIpc) is 2.75. The SMILES string of the molecule is CCCc1nc(Cc2ccc(Cl)cc2)sc1CNC. The van der Waals surface area contributed by atoms with Crippen LogP contribution < -0.4 is 5.32 Å². The predicted octanol–water partition coefficient (Wildman–Crippen LogP) is 4.06. The number of nitrogens with one attached hydrogen (secondary N) is 1. The standard InChI is InChI=1S/C15H19ClN2S/c1-3-4-13-14(10-17-2)19-15(18-13)9-11-5-7-12(16)8-6-11/h5-8,17H,3-4,9-10H2,1-2H3. The van der Waals surface area contributed by atoms with E-state index in [-0.39, 0.29) is 0 Å². The summed E-state index contributed by atoms with van der Waals surface area (Å²) in [5, 5.41) is 5.19. The molecule has 1 aromatic carbocycles. The lowest BCUT2D eigenvalue weighted by molar-refractivity contribution is 0.796. The van der Waals surface area contributed by atoms with Crippen LogP contribution in [-0.4, -0.2) is 12.0 Å². The molecule has 0 aliphatic rings. The van der Waals surface area contributed by atoms with Crippen molar-refractivity contribution in [1.29, 1.82) is 0 Å². The minimum atomic E-state index is 0.783. The van der Waals surface area contributed by atoms with Crippen LogP contribution in [-0.2, 0) is 19.4 Å². The zero-order valence-electron chi connectivity index (χ0n) is 11.4. The van der Waals surface area contributed by atoms with Gasteiger partial charge in [0.1, 0.15) is 0 Å². The van der Waals surface area contributed by atoms with E-state index in [2.05, 4.69) is 24.4 Å². The number of nitrogens with zero attached hydrogens (tertiary/aromatic N) is 1. The topological polar surface area (TPSA) is 24.9 Å². The van der Waals surface area contributed by atoms with Crippen molar-refractivity contribution < 1.29 is 0 Å². The second kappa shape index (κ2) is 7.04. The fraction of sp³-hybridized carbons (Fsp3) is 0.400. The first-order valence-corrected chi connectivity index (χ1v) is 7.79. The van der Waals surface area contributed by atoms with Gasteiger partial charge in [0.25, 0.3) is 0 Å². The van der Waals surface area contributed by atoms with Crippen molar-refractivity contribution in [2.24, 2.45) is 0 Å². The largest absolute Gasteiger partial charge is 0.315 e. The van der Waals surface area contributed by atoms with Crippen LogP contribution in [0.5, 0.6) is 0 Å². The predicted molar refractivity (Wildman–Crippen MR) is 83.1 cm³/mol. The van der Waals surface area contributed by atoms with Crippen LogP contribution >= 0.6 is 22.9 Å². The summed E-state index contributed by atoms with van der Waals surface area (Å²) >= 11 is 7.72. The molecule has 19 heavy (non-hydrogen) atoms. The van der Waals surface area contributed by atoms with E-state index in [0.29, 0.717) is 0 Å². The second-order valence-corrected chi connectivity index (χ2v) is 6.17. The van der Waals surface area contributed by atoms with Gasteiger partial charge in [0.05, 0.1) is 10.7 Å². The van der Waals surface area contributed by atoms with Gasteiger partial charge in [-0.05, 0) is 31.2 Å². The van der Waals surface area contributed by atoms with E-state index in [1.807, 2.05) is 30.5 Å². The Balaban J connectivity index is 2.15. The monoisotopic (exact) mass is 294 g/mol. The molecule has 0 saturated heterocycles. The quantitative estimate of drug-likeness (QED) is 0.869. The molecule has 1 heterocycles. The van der Waals surface area contributed by atoms with Crippen LogP contribution in [0.3, 0.4) is 0 Å². The molecule has 1 aromatic heterocycles. The van der Waals surface area contributed by atoms with Gasteiger partial charge in [-0.2, -0.15) is 0 Å². The van der Waals surface area contributed by atoms with Crippen molar-refractivity contribution in [2.75, 3.05) is 7.05 Å². The molecule has 2 aromatic rings. The Kier molecular flexibility index (Phi) is 5.37. The molecule has 0 radical (unpaired) electrons. The minimum Gasteiger partial charge on any atom is -0.315 e. The van der Waals surface area contributed by atoms with Gasteiger partial charge in [-0.25, -0.2) is 4.98 Å². The third-order valence-electron chi connectivity index (χ3n) is 2.92. The lowest BCUT2D eigenvalue weighted by atomic mass is 10.1. The summed E-state index contributed by atoms with van der Waals surface area (Å²) in [4.78, 5) is 6.15. The number of hydrogen-bond donors (Lipinski definition) is 1. The molecule has 0 aliphatic heterocycles. The summed E-state index contributed by atoms with van der Waals surface area (Å²) in [7, 11) is 1.98. The molecule has 0 amide bonds. The van der Waals surface area contributed by atoms with Gasteiger partial charge in [-0.3, -0.25) is 0 Å². The summed E-state index contributed by atoms with van der Waals surface area (Å²) in [6.45, 7) is 3.11. The van der Waals surface area contributed by atoms with Crippen molar-refractivity contribution in [1.82, 2.24) is 10.3 Å². The van der Waals surface area contributed by atoms with Gasteiger partial charge < -0.3 is 5.32 Å². The van der Waals surface area contributed by atoms with E-state index in [9.17, 15) is 0 Å². The van der Waals surface area contributed by atoms with E-state index in [0.717, 1.165) is 30.8 Å². The second-order valence-electron chi connectivity index (χ2n) is 4.56. The molecule has 1 N–H and O–H groups in total. The number of hydrogen-bond acceptors (Lipinski definition) is 3. The normalized spacial score (nSPS) is 10.9. The Morgan fingerprint density at radius 2 is 2.00 bits per heavy atom. The first-order valence-electron chi connectivity index (χ1n) is 6.59. The number of aryl methyl sites for hydroxylation is 1. The Morgan fingerprint density at radius 3 is 2.63 bits per heavy atom. The van der Waals surface area contributed by atoms with Crippen molar-refractivity contribution >= 4 is 22.9 Å². The van der Waals surface area contributed by atoms with Gasteiger partial charge >= 0.3 is 0 Å². The lowest BCUT2D eigenvalue weighted by Crippen LogP contribution is -2.05. The smallest absolute Gasteiger partial charge is 0.0975 e. The Bertz CT molecular complexity index is 496. The van der Waals surface area contributed by atoms with Gasteiger partial charge in [-0.1, -0.05) is 37.1 Å². The van der Waals surface area contributed by atoms with Crippen LogP contribution in [0.4, 0.5) is 0 Å². The molecule has 0 unspecified atom stereocenters. The van der Waals surface area contributed by atoms with Gasteiger partial charge in [0, 0.05) is 22.9 Å². The van der Waals surface area contributed by atoms with Crippen molar-refractivity contribution in [3.8, 4) is 0 Å². The Morgan fingerprint density at radius 1 is 1.26 bits per heavy atom. The number of halogens is 1. The van der Waals surface area contributed by atoms with Crippen molar-refractivity contribution in [2.45, 2.75) is 32.7 Å². The van der Waals surface area contributed by atoms with E-state index < -0.39 is 0 Å². The lowest BCUT2D eigenvalue weighted by Gasteiger charge is -1.98. The maximum atomic E-state index is 5.91. The molecular formula is C15H19ClN2S. The highest BCUT2D eigenvalue weighted by molar-refractivity contribution is 7.11. The maximum absolute atomic E-state index is 5.91. The molecule has 102 valence electrons. The fourth-order valence-corrected chi connectivity index (χ4v) is 3.31. The average molecular weight is 295 g/mol. The summed E-state index contributed by atoms with van der Waals surface area (Å²) in [6, 6.07) is 8.01. The van der Waals surface area contributed by atoms with Crippen LogP contribution in [0.15, 0.2) is 24.3 Å². The molecule has 0 saturated carbocycles. The summed E-state index contributed by atoms with van der Waals surface area (Å²) in [5.41, 5.74) is 2.52. The first-order chi connectivity index (χ1) is 9.22. The van der Waals surface area contributed by atoms with E-state index in [1.54, 1.807) is 0 Å². The van der Waals surface area contributed by atoms with E-state index >= 15 is 0 Å². The molecule has 2 nitrogen and oxygen atoms in total. The number of rotatable bonds is 6. The maximum Gasteiger partial charge on any atom is 0.0975 e. The number of aromatic nitrogens is 1. The molecule has 0 fully saturated rings. The van der Waals surface area contributed by atoms with Crippen LogP contribution in [0.2, 0.25) is 5.02 Å². The Labute approximate surface area is 123 Å². The molecule has 4 heteroatoms. The summed E-state index contributed by atoms with van der Waals surface area (Å²) in [5.74, 6) is 0. The third-order valence-corrected chi connectivity index (χ3v) is 4.26. The van der Waals surface area contributed by atoms with Gasteiger partial charge in [0.2, 0.25) is 0 Å². The molecule has 0 aliphatic carbocycles. The Hall–Kier alpha value is -0.900. The highest BCUT2D eigenvalue weighted by atomic mass is 35.5. The summed E-state index contributed by atoms with van der Waals surface area (Å²) in [6.07, 6.45) is 3.09. The first kappa shape index (κ1) is 14.5. The molecule has 0 spiro atoms. The molecule has 2 rings (SSSR count). The highest BCUT2D eigenvalue weighted by Gasteiger charge is 2.10. The number of benzene rings is 1. The molecule has 0 atom stereocenters. The van der Waals surface area contributed by atoms with Crippen LogP contribution in [0.25, 0.3) is 0 Å². The number of thiazole rings is 1. The van der Waals surface area contributed by atoms with Crippen LogP contribution in [0, 0.1) is 0 Å². The fourth-order valence-electron chi connectivity index (χ4n) is 2.02. The third kappa shape index (κ3) is 4.03. The minimum absolute atomic E-state index is 0.783. The van der Waals surface area contributed by atoms with E-state index in [1.165, 1.54) is 21.1 Å². The summed E-state index contributed by atoms with van der Waals surface area (Å²) < 4.78 is 0. The zero-order chi connectivity index (χ0) is 13.7. The van der Waals surface area contributed by atoms with Crippen LogP contribution in [0.1, 0.15) is 34.5 Å². The zero-order valence-corrected chi connectivity index (χ0v) is 12.9. The molecule has 0 bridgehead atoms. The van der Waals surface area contributed by atoms with Crippen molar-refractivity contribution in [3.05, 3.63) is 50.4 Å². The highest BCUT2D eigenvalue weighted by Crippen LogP contribution is 2.23. The van der Waals surface area contributed by atoms with Gasteiger partial charge in [-0.15, -0.1) is 11.3 Å². The van der Waals surface area contributed by atoms with E-state index in [4.69, 9.17) is 16.6 Å². The van der Waals surface area contributed by atoms with Gasteiger partial charge in [0.15, 0.2) is 0 Å². The van der Waals surface area contributed by atoms with Crippen molar-refractivity contribution in [3.63, 3.8) is 0 Å². The molecular weight excluding hydrogens is 276 g/mol.